The quantitative estimate of drug-likeness (QED) is 0.829. The Hall–Kier alpha value is -1.36. The maximum absolute atomic E-state index is 12.2. The summed E-state index contributed by atoms with van der Waals surface area (Å²) in [5.74, 6) is -1.51. The highest BCUT2D eigenvalue weighted by Crippen LogP contribution is 2.23. The number of nitrogens with one attached hydrogen (secondary N) is 1. The van der Waals surface area contributed by atoms with Gasteiger partial charge in [-0.3, -0.25) is 4.79 Å². The van der Waals surface area contributed by atoms with Crippen LogP contribution in [0.3, 0.4) is 0 Å². The van der Waals surface area contributed by atoms with E-state index < -0.39 is 5.97 Å². The molecular formula is C15H19BrNO3-. The van der Waals surface area contributed by atoms with Gasteiger partial charge in [-0.15, -0.1) is 0 Å². The van der Waals surface area contributed by atoms with Gasteiger partial charge in [0.05, 0.1) is 5.97 Å². The van der Waals surface area contributed by atoms with Crippen molar-refractivity contribution in [2.24, 2.45) is 5.92 Å². The molecule has 0 heterocycles. The summed E-state index contributed by atoms with van der Waals surface area (Å²) in [7, 11) is 0. The zero-order valence-electron chi connectivity index (χ0n) is 11.7. The lowest BCUT2D eigenvalue weighted by Gasteiger charge is -2.17. The molecule has 0 unspecified atom stereocenters. The zero-order chi connectivity index (χ0) is 15.1. The Morgan fingerprint density at radius 3 is 2.35 bits per heavy atom. The number of carbonyl (C=O) groups excluding carboxylic acids is 2. The van der Waals surface area contributed by atoms with Crippen molar-refractivity contribution in [1.82, 2.24) is 0 Å². The molecule has 1 amide bonds. The molecule has 20 heavy (non-hydrogen) atoms. The molecule has 0 aliphatic carbocycles. The maximum atomic E-state index is 12.2. The van der Waals surface area contributed by atoms with Gasteiger partial charge in [-0.25, -0.2) is 0 Å². The lowest BCUT2D eigenvalue weighted by atomic mass is 9.97. The molecule has 0 fully saturated rings. The number of anilines is 1. The molecule has 0 bridgehead atoms. The van der Waals surface area contributed by atoms with Crippen molar-refractivity contribution < 1.29 is 14.7 Å². The van der Waals surface area contributed by atoms with E-state index in [0.717, 1.165) is 25.7 Å². The first-order valence-electron chi connectivity index (χ1n) is 6.81. The summed E-state index contributed by atoms with van der Waals surface area (Å²) in [6.07, 6.45) is 3.45. The van der Waals surface area contributed by atoms with Gasteiger partial charge in [-0.05, 0) is 31.0 Å². The maximum Gasteiger partial charge on any atom is 0.227 e. The number of aromatic carboxylic acids is 1. The summed E-state index contributed by atoms with van der Waals surface area (Å²) in [4.78, 5) is 23.3. The van der Waals surface area contributed by atoms with Crippen LogP contribution in [0.2, 0.25) is 0 Å². The molecule has 0 aliphatic heterocycles. The lowest BCUT2D eigenvalue weighted by Crippen LogP contribution is -2.27. The Morgan fingerprint density at radius 2 is 1.85 bits per heavy atom. The minimum atomic E-state index is -1.30. The first kappa shape index (κ1) is 16.7. The highest BCUT2D eigenvalue weighted by molar-refractivity contribution is 9.10. The van der Waals surface area contributed by atoms with E-state index in [1.165, 1.54) is 6.07 Å². The molecule has 1 rings (SSSR count). The molecule has 110 valence electrons. The largest absolute Gasteiger partial charge is 0.545 e. The summed E-state index contributed by atoms with van der Waals surface area (Å²) in [6, 6.07) is 4.69. The van der Waals surface area contributed by atoms with Crippen LogP contribution >= 0.6 is 15.9 Å². The molecule has 1 aromatic rings. The Bertz CT molecular complexity index is 482. The van der Waals surface area contributed by atoms with Crippen LogP contribution in [0.5, 0.6) is 0 Å². The molecule has 0 aliphatic rings. The summed E-state index contributed by atoms with van der Waals surface area (Å²) in [6.45, 7) is 4.06. The van der Waals surface area contributed by atoms with Crippen molar-refractivity contribution >= 4 is 33.5 Å². The molecule has 0 spiro atoms. The molecule has 0 radical (unpaired) electrons. The van der Waals surface area contributed by atoms with Gasteiger partial charge >= 0.3 is 0 Å². The van der Waals surface area contributed by atoms with Gasteiger partial charge in [-0.1, -0.05) is 42.6 Å². The van der Waals surface area contributed by atoms with E-state index in [1.54, 1.807) is 12.1 Å². The molecular weight excluding hydrogens is 322 g/mol. The molecule has 0 saturated carbocycles. The summed E-state index contributed by atoms with van der Waals surface area (Å²) in [5, 5.41) is 13.8. The second kappa shape index (κ2) is 8.04. The van der Waals surface area contributed by atoms with Crippen LogP contribution in [0.15, 0.2) is 22.7 Å². The molecule has 1 N–H and O–H groups in total. The highest BCUT2D eigenvalue weighted by Gasteiger charge is 2.18. The van der Waals surface area contributed by atoms with E-state index in [-0.39, 0.29) is 23.1 Å². The second-order valence-electron chi connectivity index (χ2n) is 4.74. The minimum Gasteiger partial charge on any atom is -0.545 e. The monoisotopic (exact) mass is 340 g/mol. The number of amides is 1. The van der Waals surface area contributed by atoms with Crippen molar-refractivity contribution in [3.8, 4) is 0 Å². The Balaban J connectivity index is 2.91. The van der Waals surface area contributed by atoms with Crippen molar-refractivity contribution in [1.29, 1.82) is 0 Å². The van der Waals surface area contributed by atoms with Gasteiger partial charge in [-0.2, -0.15) is 0 Å². The van der Waals surface area contributed by atoms with Crippen molar-refractivity contribution in [3.05, 3.63) is 28.2 Å². The van der Waals surface area contributed by atoms with E-state index in [0.29, 0.717) is 4.47 Å². The highest BCUT2D eigenvalue weighted by atomic mass is 79.9. The number of rotatable bonds is 7. The predicted octanol–water partition coefficient (Wildman–Crippen LogP) is 2.97. The van der Waals surface area contributed by atoms with E-state index in [2.05, 4.69) is 21.2 Å². The normalized spacial score (nSPS) is 10.6. The van der Waals surface area contributed by atoms with Crippen LogP contribution in [0.1, 0.15) is 49.9 Å². The third-order valence-electron chi connectivity index (χ3n) is 3.10. The van der Waals surface area contributed by atoms with E-state index in [1.807, 2.05) is 13.8 Å². The number of carboxylic acids is 1. The van der Waals surface area contributed by atoms with Gasteiger partial charge in [0.25, 0.3) is 0 Å². The van der Waals surface area contributed by atoms with Gasteiger partial charge < -0.3 is 15.2 Å². The molecule has 5 heteroatoms. The first-order chi connectivity index (χ1) is 9.49. The Labute approximate surface area is 127 Å². The Kier molecular flexibility index (Phi) is 6.71. The molecule has 4 nitrogen and oxygen atoms in total. The SMILES string of the molecule is CCCC(CCC)C(=O)Nc1ccc(Br)cc1C(=O)[O-]. The average molecular weight is 341 g/mol. The van der Waals surface area contributed by atoms with Crippen LogP contribution in [0.4, 0.5) is 5.69 Å². The van der Waals surface area contributed by atoms with Crippen molar-refractivity contribution in [2.45, 2.75) is 39.5 Å². The summed E-state index contributed by atoms with van der Waals surface area (Å²) in [5.41, 5.74) is 0.273. The number of benzene rings is 1. The fraction of sp³-hybridized carbons (Fsp3) is 0.467. The van der Waals surface area contributed by atoms with E-state index in [4.69, 9.17) is 0 Å². The van der Waals surface area contributed by atoms with E-state index in [9.17, 15) is 14.7 Å². The van der Waals surface area contributed by atoms with Crippen LogP contribution in [0.25, 0.3) is 0 Å². The third-order valence-corrected chi connectivity index (χ3v) is 3.60. The van der Waals surface area contributed by atoms with Crippen molar-refractivity contribution in [2.75, 3.05) is 5.32 Å². The summed E-state index contributed by atoms with van der Waals surface area (Å²) >= 11 is 3.21. The number of halogens is 1. The van der Waals surface area contributed by atoms with Gasteiger partial charge in [0, 0.05) is 21.6 Å². The predicted molar refractivity (Wildman–Crippen MR) is 80.4 cm³/mol. The fourth-order valence-electron chi connectivity index (χ4n) is 2.13. The number of carbonyl (C=O) groups is 2. The zero-order valence-corrected chi connectivity index (χ0v) is 13.3. The standard InChI is InChI=1S/C15H20BrNO3/c1-3-5-10(6-4-2)14(18)17-13-8-7-11(16)9-12(13)15(19)20/h7-10H,3-6H2,1-2H3,(H,17,18)(H,19,20)/p-1. The number of hydrogen-bond donors (Lipinski definition) is 1. The third kappa shape index (κ3) is 4.63. The van der Waals surface area contributed by atoms with Crippen LogP contribution in [0, 0.1) is 5.92 Å². The van der Waals surface area contributed by atoms with Crippen LogP contribution in [-0.4, -0.2) is 11.9 Å². The average Bonchev–Trinajstić information content (AvgIpc) is 2.40. The minimum absolute atomic E-state index is 0.0144. The van der Waals surface area contributed by atoms with Gasteiger partial charge in [0.15, 0.2) is 0 Å². The molecule has 0 saturated heterocycles. The fourth-order valence-corrected chi connectivity index (χ4v) is 2.49. The number of carboxylic acid groups (broad SMARTS) is 1. The van der Waals surface area contributed by atoms with Crippen LogP contribution < -0.4 is 10.4 Å². The lowest BCUT2D eigenvalue weighted by molar-refractivity contribution is -0.254. The smallest absolute Gasteiger partial charge is 0.227 e. The molecule has 0 aromatic heterocycles. The molecule has 0 atom stereocenters. The van der Waals surface area contributed by atoms with Crippen molar-refractivity contribution in [3.63, 3.8) is 0 Å². The second-order valence-corrected chi connectivity index (χ2v) is 5.66. The van der Waals surface area contributed by atoms with Gasteiger partial charge in [0.2, 0.25) is 5.91 Å². The van der Waals surface area contributed by atoms with Crippen LogP contribution in [-0.2, 0) is 4.79 Å². The Morgan fingerprint density at radius 1 is 1.25 bits per heavy atom. The molecule has 1 aromatic carbocycles. The summed E-state index contributed by atoms with van der Waals surface area (Å²) < 4.78 is 0.633. The topological polar surface area (TPSA) is 69.2 Å². The van der Waals surface area contributed by atoms with Gasteiger partial charge in [0.1, 0.15) is 0 Å². The number of hydrogen-bond acceptors (Lipinski definition) is 3. The van der Waals surface area contributed by atoms with E-state index >= 15 is 0 Å². The first-order valence-corrected chi connectivity index (χ1v) is 7.60.